The zero-order valence-corrected chi connectivity index (χ0v) is 16.8. The molecule has 2 aromatic rings. The third-order valence-corrected chi connectivity index (χ3v) is 5.56. The van der Waals surface area contributed by atoms with Gasteiger partial charge in [0.1, 0.15) is 5.82 Å². The molecular formula is C20H22Cl2FN3O. The smallest absolute Gasteiger partial charge is 0.225 e. The fraction of sp³-hybridized carbons (Fsp3) is 0.350. The van der Waals surface area contributed by atoms with Crippen molar-refractivity contribution in [1.29, 1.82) is 0 Å². The van der Waals surface area contributed by atoms with Crippen molar-refractivity contribution in [3.8, 4) is 0 Å². The van der Waals surface area contributed by atoms with Gasteiger partial charge in [0, 0.05) is 36.3 Å². The Labute approximate surface area is 168 Å². The summed E-state index contributed by atoms with van der Waals surface area (Å²) in [5, 5.41) is 0.917. The largest absolute Gasteiger partial charge is 0.398 e. The van der Waals surface area contributed by atoms with E-state index in [-0.39, 0.29) is 23.8 Å². The Bertz CT molecular complexity index is 859. The highest BCUT2D eigenvalue weighted by Crippen LogP contribution is 2.32. The molecule has 1 aliphatic rings. The lowest BCUT2D eigenvalue weighted by Gasteiger charge is -2.32. The summed E-state index contributed by atoms with van der Waals surface area (Å²) in [6.07, 6.45) is 0.382. The van der Waals surface area contributed by atoms with Gasteiger partial charge in [-0.25, -0.2) is 4.39 Å². The van der Waals surface area contributed by atoms with Crippen molar-refractivity contribution < 1.29 is 9.18 Å². The van der Waals surface area contributed by atoms with E-state index in [1.54, 1.807) is 18.2 Å². The Balaban J connectivity index is 1.97. The second-order valence-electron chi connectivity index (χ2n) is 7.07. The maximum absolute atomic E-state index is 13.7. The molecule has 0 saturated carbocycles. The molecule has 4 nitrogen and oxygen atoms in total. The second kappa shape index (κ2) is 7.95. The average Bonchev–Trinajstić information content (AvgIpc) is 3.00. The first-order valence-electron chi connectivity index (χ1n) is 8.81. The third kappa shape index (κ3) is 4.30. The Morgan fingerprint density at radius 1 is 1.22 bits per heavy atom. The summed E-state index contributed by atoms with van der Waals surface area (Å²) in [5.41, 5.74) is 7.79. The number of anilines is 2. The van der Waals surface area contributed by atoms with Crippen LogP contribution in [-0.2, 0) is 11.3 Å². The van der Waals surface area contributed by atoms with E-state index in [0.717, 1.165) is 5.69 Å². The summed E-state index contributed by atoms with van der Waals surface area (Å²) >= 11 is 12.5. The Morgan fingerprint density at radius 2 is 1.96 bits per heavy atom. The van der Waals surface area contributed by atoms with Gasteiger partial charge < -0.3 is 15.5 Å². The highest BCUT2D eigenvalue weighted by atomic mass is 35.5. The van der Waals surface area contributed by atoms with Gasteiger partial charge in [0.2, 0.25) is 5.91 Å². The summed E-state index contributed by atoms with van der Waals surface area (Å²) in [6, 6.07) is 9.70. The van der Waals surface area contributed by atoms with Crippen LogP contribution in [0, 0.1) is 5.82 Å². The van der Waals surface area contributed by atoms with Gasteiger partial charge in [0.15, 0.2) is 0 Å². The third-order valence-electron chi connectivity index (χ3n) is 4.87. The molecular weight excluding hydrogens is 388 g/mol. The zero-order chi connectivity index (χ0) is 19.7. The molecule has 27 heavy (non-hydrogen) atoms. The molecule has 1 saturated heterocycles. The van der Waals surface area contributed by atoms with Crippen molar-refractivity contribution in [3.63, 3.8) is 0 Å². The molecule has 2 aromatic carbocycles. The first-order chi connectivity index (χ1) is 12.8. The molecule has 1 fully saturated rings. The number of nitrogen functional groups attached to an aromatic ring is 1. The number of likely N-dealkylation sites (tertiary alicyclic amines) is 1. The van der Waals surface area contributed by atoms with Crippen molar-refractivity contribution in [2.75, 3.05) is 17.2 Å². The number of amides is 1. The summed E-state index contributed by atoms with van der Waals surface area (Å²) < 4.78 is 13.7. The van der Waals surface area contributed by atoms with E-state index in [4.69, 9.17) is 28.9 Å². The number of hydrogen-bond acceptors (Lipinski definition) is 3. The normalized spacial score (nSPS) is 17.0. The molecule has 0 aliphatic carbocycles. The zero-order valence-electron chi connectivity index (χ0n) is 15.3. The quantitative estimate of drug-likeness (QED) is 0.725. The van der Waals surface area contributed by atoms with Crippen molar-refractivity contribution in [2.45, 2.75) is 38.9 Å². The monoisotopic (exact) mass is 409 g/mol. The Kier molecular flexibility index (Phi) is 5.82. The maximum Gasteiger partial charge on any atom is 0.225 e. The van der Waals surface area contributed by atoms with Crippen LogP contribution in [0.5, 0.6) is 0 Å². The first-order valence-corrected chi connectivity index (χ1v) is 9.57. The van der Waals surface area contributed by atoms with Gasteiger partial charge in [-0.05, 0) is 55.8 Å². The number of halogens is 3. The van der Waals surface area contributed by atoms with E-state index >= 15 is 0 Å². The Hall–Kier alpha value is -1.98. The van der Waals surface area contributed by atoms with E-state index in [2.05, 4.69) is 0 Å². The molecule has 144 valence electrons. The number of benzene rings is 2. The SMILES string of the molecule is CC(C)N1CC(N(Cc2cc(F)ccc2Cl)c2ccc(N)c(Cl)c2)CC1=O. The number of nitrogens with two attached hydrogens (primary N) is 1. The molecule has 3 rings (SSSR count). The summed E-state index contributed by atoms with van der Waals surface area (Å²) in [7, 11) is 0. The number of carbonyl (C=O) groups is 1. The molecule has 0 aromatic heterocycles. The van der Waals surface area contributed by atoms with Crippen LogP contribution >= 0.6 is 23.2 Å². The van der Waals surface area contributed by atoms with Gasteiger partial charge in [-0.15, -0.1) is 0 Å². The predicted octanol–water partition coefficient (Wildman–Crippen LogP) is 4.73. The van der Waals surface area contributed by atoms with E-state index < -0.39 is 0 Å². The van der Waals surface area contributed by atoms with Crippen LogP contribution in [0.3, 0.4) is 0 Å². The molecule has 7 heteroatoms. The van der Waals surface area contributed by atoms with Gasteiger partial charge in [-0.1, -0.05) is 23.2 Å². The molecule has 1 amide bonds. The van der Waals surface area contributed by atoms with E-state index in [1.165, 1.54) is 12.1 Å². The molecule has 2 N–H and O–H groups in total. The maximum atomic E-state index is 13.7. The van der Waals surface area contributed by atoms with Crippen LogP contribution in [0.25, 0.3) is 0 Å². The lowest BCUT2D eigenvalue weighted by molar-refractivity contribution is -0.129. The first kappa shape index (κ1) is 19.8. The molecule has 0 spiro atoms. The van der Waals surface area contributed by atoms with Crippen LogP contribution in [0.4, 0.5) is 15.8 Å². The predicted molar refractivity (Wildman–Crippen MR) is 109 cm³/mol. The van der Waals surface area contributed by atoms with Crippen LogP contribution in [0.2, 0.25) is 10.0 Å². The molecule has 1 aliphatic heterocycles. The summed E-state index contributed by atoms with van der Waals surface area (Å²) in [5.74, 6) is -0.247. The van der Waals surface area contributed by atoms with E-state index in [0.29, 0.717) is 40.8 Å². The molecule has 1 heterocycles. The molecule has 0 bridgehead atoms. The average molecular weight is 410 g/mol. The molecule has 0 radical (unpaired) electrons. The second-order valence-corrected chi connectivity index (χ2v) is 7.88. The minimum absolute atomic E-state index is 0.0704. The standard InChI is InChI=1S/C20H22Cl2FN3O/c1-12(2)25-11-16(9-20(25)27)26(15-4-6-19(24)18(22)8-15)10-13-7-14(23)3-5-17(13)21/h3-8,12,16H,9-11,24H2,1-2H3. The highest BCUT2D eigenvalue weighted by molar-refractivity contribution is 6.33. The lowest BCUT2D eigenvalue weighted by atomic mass is 10.1. The number of rotatable bonds is 5. The molecule has 1 unspecified atom stereocenters. The van der Waals surface area contributed by atoms with Crippen molar-refractivity contribution >= 4 is 40.5 Å². The summed E-state index contributed by atoms with van der Waals surface area (Å²) in [4.78, 5) is 16.3. The summed E-state index contributed by atoms with van der Waals surface area (Å²) in [6.45, 7) is 4.94. The van der Waals surface area contributed by atoms with Crippen molar-refractivity contribution in [3.05, 3.63) is 57.8 Å². The van der Waals surface area contributed by atoms with Gasteiger partial charge in [0.25, 0.3) is 0 Å². The number of nitrogens with zero attached hydrogens (tertiary/aromatic N) is 2. The minimum atomic E-state index is -0.351. The van der Waals surface area contributed by atoms with Crippen molar-refractivity contribution in [2.24, 2.45) is 0 Å². The topological polar surface area (TPSA) is 49.6 Å². The molecule has 1 atom stereocenters. The van der Waals surface area contributed by atoms with Crippen LogP contribution in [0.1, 0.15) is 25.8 Å². The number of carbonyl (C=O) groups excluding carboxylic acids is 1. The number of hydrogen-bond donors (Lipinski definition) is 1. The van der Waals surface area contributed by atoms with Crippen molar-refractivity contribution in [1.82, 2.24) is 4.90 Å². The Morgan fingerprint density at radius 3 is 2.59 bits per heavy atom. The van der Waals surface area contributed by atoms with E-state index in [1.807, 2.05) is 29.7 Å². The van der Waals surface area contributed by atoms with Crippen LogP contribution in [-0.4, -0.2) is 29.4 Å². The fourth-order valence-electron chi connectivity index (χ4n) is 3.39. The fourth-order valence-corrected chi connectivity index (χ4v) is 3.75. The van der Waals surface area contributed by atoms with E-state index in [9.17, 15) is 9.18 Å². The van der Waals surface area contributed by atoms with Gasteiger partial charge in [0.05, 0.1) is 16.8 Å². The lowest BCUT2D eigenvalue weighted by Crippen LogP contribution is -2.39. The van der Waals surface area contributed by atoms with Crippen LogP contribution in [0.15, 0.2) is 36.4 Å². The van der Waals surface area contributed by atoms with Gasteiger partial charge in [-0.2, -0.15) is 0 Å². The van der Waals surface area contributed by atoms with Crippen LogP contribution < -0.4 is 10.6 Å². The highest BCUT2D eigenvalue weighted by Gasteiger charge is 2.35. The van der Waals surface area contributed by atoms with Gasteiger partial charge in [-0.3, -0.25) is 4.79 Å². The minimum Gasteiger partial charge on any atom is -0.398 e. The van der Waals surface area contributed by atoms with Gasteiger partial charge >= 0.3 is 0 Å².